The van der Waals surface area contributed by atoms with E-state index < -0.39 is 0 Å². The van der Waals surface area contributed by atoms with Crippen molar-refractivity contribution in [3.05, 3.63) is 94.6 Å². The van der Waals surface area contributed by atoms with E-state index in [1.165, 1.54) is 6.26 Å². The van der Waals surface area contributed by atoms with Crippen LogP contribution in [0.3, 0.4) is 0 Å². The van der Waals surface area contributed by atoms with Gasteiger partial charge in [0.15, 0.2) is 5.43 Å². The smallest absolute Gasteiger partial charge is 0.197 e. The highest BCUT2D eigenvalue weighted by molar-refractivity contribution is 5.78. The van der Waals surface area contributed by atoms with Gasteiger partial charge in [-0.1, -0.05) is 0 Å². The SMILES string of the molecule is N#Cc1ccc2c(=O)c(CN(CCCn3ccnc3)Cc3ccncc3)coc2c1. The van der Waals surface area contributed by atoms with Gasteiger partial charge in [-0.15, -0.1) is 0 Å². The molecular weight excluding hydrogens is 378 g/mol. The Morgan fingerprint density at radius 1 is 1.10 bits per heavy atom. The fourth-order valence-corrected chi connectivity index (χ4v) is 3.44. The molecule has 0 unspecified atom stereocenters. The second kappa shape index (κ2) is 9.16. The van der Waals surface area contributed by atoms with Crippen LogP contribution in [0.25, 0.3) is 11.0 Å². The normalized spacial score (nSPS) is 11.1. The van der Waals surface area contributed by atoms with E-state index in [1.54, 1.807) is 43.1 Å². The molecule has 0 spiro atoms. The van der Waals surface area contributed by atoms with Gasteiger partial charge in [0, 0.05) is 56.5 Å². The number of pyridine rings is 1. The van der Waals surface area contributed by atoms with Gasteiger partial charge in [-0.25, -0.2) is 4.98 Å². The molecule has 7 nitrogen and oxygen atoms in total. The van der Waals surface area contributed by atoms with Crippen LogP contribution in [0.4, 0.5) is 0 Å². The Morgan fingerprint density at radius 2 is 1.97 bits per heavy atom. The van der Waals surface area contributed by atoms with Crippen molar-refractivity contribution in [1.29, 1.82) is 5.26 Å². The van der Waals surface area contributed by atoms with Gasteiger partial charge in [0.25, 0.3) is 0 Å². The maximum Gasteiger partial charge on any atom is 0.197 e. The number of aromatic nitrogens is 3. The zero-order chi connectivity index (χ0) is 20.8. The molecule has 0 amide bonds. The van der Waals surface area contributed by atoms with E-state index in [9.17, 15) is 4.79 Å². The van der Waals surface area contributed by atoms with Crippen LogP contribution in [0.5, 0.6) is 0 Å². The number of aryl methyl sites for hydroxylation is 1. The molecule has 0 saturated carbocycles. The lowest BCUT2D eigenvalue weighted by Crippen LogP contribution is -2.27. The molecule has 3 heterocycles. The Labute approximate surface area is 173 Å². The van der Waals surface area contributed by atoms with Crippen molar-refractivity contribution in [2.45, 2.75) is 26.1 Å². The lowest BCUT2D eigenvalue weighted by molar-refractivity contribution is 0.246. The van der Waals surface area contributed by atoms with Crippen LogP contribution in [0.15, 0.2) is 76.9 Å². The minimum absolute atomic E-state index is 0.0601. The van der Waals surface area contributed by atoms with Crippen LogP contribution >= 0.6 is 0 Å². The molecule has 0 atom stereocenters. The van der Waals surface area contributed by atoms with E-state index in [0.29, 0.717) is 35.2 Å². The van der Waals surface area contributed by atoms with E-state index in [-0.39, 0.29) is 5.43 Å². The summed E-state index contributed by atoms with van der Waals surface area (Å²) in [5.74, 6) is 0. The average molecular weight is 399 g/mol. The third-order valence-electron chi connectivity index (χ3n) is 4.97. The molecule has 150 valence electrons. The molecule has 0 N–H and O–H groups in total. The molecule has 0 radical (unpaired) electrons. The van der Waals surface area contributed by atoms with Crippen LogP contribution in [0.2, 0.25) is 0 Å². The standard InChI is InChI=1S/C23H21N5O2/c24-13-19-2-3-21-22(12-19)30-16-20(23(21)29)15-28(14-18-4-6-25-7-5-18)10-1-9-27-11-8-26-17-27/h2-8,11-12,16-17H,1,9-10,14-15H2. The summed E-state index contributed by atoms with van der Waals surface area (Å²) in [6.07, 6.45) is 11.5. The van der Waals surface area contributed by atoms with E-state index in [1.807, 2.05) is 22.9 Å². The van der Waals surface area contributed by atoms with Crippen molar-refractivity contribution >= 4 is 11.0 Å². The fraction of sp³-hybridized carbons (Fsp3) is 0.217. The van der Waals surface area contributed by atoms with Crippen molar-refractivity contribution < 1.29 is 4.42 Å². The summed E-state index contributed by atoms with van der Waals surface area (Å²) in [7, 11) is 0. The van der Waals surface area contributed by atoms with Crippen molar-refractivity contribution in [2.75, 3.05) is 6.54 Å². The summed E-state index contributed by atoms with van der Waals surface area (Å²) >= 11 is 0. The van der Waals surface area contributed by atoms with Gasteiger partial charge < -0.3 is 8.98 Å². The molecule has 0 saturated heterocycles. The van der Waals surface area contributed by atoms with Gasteiger partial charge in [-0.05, 0) is 42.3 Å². The first-order chi connectivity index (χ1) is 14.7. The van der Waals surface area contributed by atoms with Gasteiger partial charge in [0.05, 0.1) is 29.6 Å². The third kappa shape index (κ3) is 4.62. The van der Waals surface area contributed by atoms with Crippen molar-refractivity contribution in [3.8, 4) is 6.07 Å². The van der Waals surface area contributed by atoms with Gasteiger partial charge >= 0.3 is 0 Å². The van der Waals surface area contributed by atoms with Gasteiger partial charge in [-0.2, -0.15) is 5.26 Å². The summed E-state index contributed by atoms with van der Waals surface area (Å²) in [5, 5.41) is 9.54. The number of hydrogen-bond acceptors (Lipinski definition) is 6. The van der Waals surface area contributed by atoms with Gasteiger partial charge in [-0.3, -0.25) is 14.7 Å². The molecule has 0 aliphatic heterocycles. The summed E-state index contributed by atoms with van der Waals surface area (Å²) in [6, 6.07) is 10.9. The average Bonchev–Trinajstić information content (AvgIpc) is 3.29. The third-order valence-corrected chi connectivity index (χ3v) is 4.97. The second-order valence-electron chi connectivity index (χ2n) is 7.13. The van der Waals surface area contributed by atoms with Gasteiger partial charge in [0.2, 0.25) is 0 Å². The zero-order valence-corrected chi connectivity index (χ0v) is 16.4. The minimum Gasteiger partial charge on any atom is -0.464 e. The second-order valence-corrected chi connectivity index (χ2v) is 7.13. The lowest BCUT2D eigenvalue weighted by Gasteiger charge is -2.22. The molecule has 0 aliphatic carbocycles. The van der Waals surface area contributed by atoms with Crippen molar-refractivity contribution in [2.24, 2.45) is 0 Å². The molecule has 4 aromatic rings. The monoisotopic (exact) mass is 399 g/mol. The van der Waals surface area contributed by atoms with Crippen LogP contribution in [0, 0.1) is 11.3 Å². The van der Waals surface area contributed by atoms with Crippen molar-refractivity contribution in [1.82, 2.24) is 19.4 Å². The summed E-state index contributed by atoms with van der Waals surface area (Å²) in [5.41, 5.74) is 2.58. The Balaban J connectivity index is 1.54. The predicted molar refractivity (Wildman–Crippen MR) is 112 cm³/mol. The summed E-state index contributed by atoms with van der Waals surface area (Å²) in [6.45, 7) is 2.85. The first kappa shape index (κ1) is 19.6. The zero-order valence-electron chi connectivity index (χ0n) is 16.4. The molecule has 7 heteroatoms. The largest absolute Gasteiger partial charge is 0.464 e. The number of fused-ring (bicyclic) bond motifs is 1. The summed E-state index contributed by atoms with van der Waals surface area (Å²) < 4.78 is 7.72. The maximum absolute atomic E-state index is 13.0. The van der Waals surface area contributed by atoms with E-state index in [0.717, 1.165) is 25.1 Å². The van der Waals surface area contributed by atoms with Crippen molar-refractivity contribution in [3.63, 3.8) is 0 Å². The Morgan fingerprint density at radius 3 is 2.73 bits per heavy atom. The molecule has 0 fully saturated rings. The van der Waals surface area contributed by atoms with E-state index in [2.05, 4.69) is 20.9 Å². The molecule has 3 aromatic heterocycles. The predicted octanol–water partition coefficient (Wildman–Crippen LogP) is 3.35. The molecular formula is C23H21N5O2. The number of rotatable bonds is 8. The quantitative estimate of drug-likeness (QED) is 0.451. The van der Waals surface area contributed by atoms with Gasteiger partial charge in [0.1, 0.15) is 5.58 Å². The summed E-state index contributed by atoms with van der Waals surface area (Å²) in [4.78, 5) is 23.4. The van der Waals surface area contributed by atoms with E-state index >= 15 is 0 Å². The maximum atomic E-state index is 13.0. The molecule has 4 rings (SSSR count). The molecule has 1 aromatic carbocycles. The molecule has 0 aliphatic rings. The highest BCUT2D eigenvalue weighted by Gasteiger charge is 2.13. The molecule has 30 heavy (non-hydrogen) atoms. The fourth-order valence-electron chi connectivity index (χ4n) is 3.44. The Kier molecular flexibility index (Phi) is 5.97. The lowest BCUT2D eigenvalue weighted by atomic mass is 10.1. The minimum atomic E-state index is -0.0601. The first-order valence-electron chi connectivity index (χ1n) is 9.74. The number of nitrogens with zero attached hydrogens (tertiary/aromatic N) is 5. The van der Waals surface area contributed by atoms with E-state index in [4.69, 9.17) is 9.68 Å². The number of imidazole rings is 1. The number of nitriles is 1. The topological polar surface area (TPSA) is 88.0 Å². The van der Waals surface area contributed by atoms with Crippen LogP contribution < -0.4 is 5.43 Å². The first-order valence-corrected chi connectivity index (χ1v) is 9.74. The Hall–Kier alpha value is -3.76. The highest BCUT2D eigenvalue weighted by atomic mass is 16.3. The number of benzene rings is 1. The molecule has 0 bridgehead atoms. The number of hydrogen-bond donors (Lipinski definition) is 0. The highest BCUT2D eigenvalue weighted by Crippen LogP contribution is 2.15. The van der Waals surface area contributed by atoms with Crippen LogP contribution in [0.1, 0.15) is 23.1 Å². The Bertz CT molecular complexity index is 1210. The van der Waals surface area contributed by atoms with Crippen LogP contribution in [-0.2, 0) is 19.6 Å². The van der Waals surface area contributed by atoms with Crippen LogP contribution in [-0.4, -0.2) is 26.0 Å².